The number of likely N-dealkylation sites (tertiary alicyclic amines) is 1. The molecule has 1 aliphatic heterocycles. The Morgan fingerprint density at radius 1 is 1.16 bits per heavy atom. The Labute approximate surface area is 213 Å². The van der Waals surface area contributed by atoms with Gasteiger partial charge in [0.1, 0.15) is 5.75 Å². The number of carbonyl (C=O) groups excluding carboxylic acids is 4. The number of carbonyl (C=O) groups is 5. The van der Waals surface area contributed by atoms with Crippen LogP contribution in [-0.4, -0.2) is 51.0 Å². The van der Waals surface area contributed by atoms with Gasteiger partial charge in [0.25, 0.3) is 0 Å². The van der Waals surface area contributed by atoms with Crippen molar-refractivity contribution in [2.24, 2.45) is 17.8 Å². The molecule has 1 heterocycles. The van der Waals surface area contributed by atoms with Crippen molar-refractivity contribution >= 4 is 29.4 Å². The fourth-order valence-electron chi connectivity index (χ4n) is 6.39. The molecule has 0 spiro atoms. The van der Waals surface area contributed by atoms with Gasteiger partial charge < -0.3 is 10.2 Å². The Balaban J connectivity index is 1.65. The van der Waals surface area contributed by atoms with Crippen LogP contribution in [0, 0.1) is 17.8 Å². The highest BCUT2D eigenvalue weighted by molar-refractivity contribution is 6.23. The molecule has 0 radical (unpaired) electrons. The maximum atomic E-state index is 13.5. The van der Waals surface area contributed by atoms with E-state index in [9.17, 15) is 29.1 Å². The summed E-state index contributed by atoms with van der Waals surface area (Å²) in [6.45, 7) is 5.11. The summed E-state index contributed by atoms with van der Waals surface area (Å²) in [7, 11) is 0. The van der Waals surface area contributed by atoms with Crippen LogP contribution in [0.1, 0.15) is 43.2 Å². The Kier molecular flexibility index (Phi) is 6.06. The van der Waals surface area contributed by atoms with Gasteiger partial charge >= 0.3 is 5.97 Å². The lowest BCUT2D eigenvalue weighted by Crippen LogP contribution is -2.40. The number of aliphatic carboxylic acids is 1. The molecule has 1 aromatic carbocycles. The van der Waals surface area contributed by atoms with Crippen LogP contribution in [0.3, 0.4) is 0 Å². The highest BCUT2D eigenvalue weighted by Gasteiger charge is 2.56. The van der Waals surface area contributed by atoms with Crippen molar-refractivity contribution in [2.45, 2.75) is 38.5 Å². The molecule has 3 aliphatic carbocycles. The quantitative estimate of drug-likeness (QED) is 0.348. The van der Waals surface area contributed by atoms with Crippen molar-refractivity contribution < 1.29 is 34.2 Å². The van der Waals surface area contributed by atoms with Crippen molar-refractivity contribution in [3.05, 3.63) is 76.4 Å². The number of carboxylic acid groups (broad SMARTS) is 1. The minimum atomic E-state index is -1.11. The summed E-state index contributed by atoms with van der Waals surface area (Å²) in [5.41, 5.74) is 2.76. The number of benzene rings is 1. The van der Waals surface area contributed by atoms with E-state index in [0.717, 1.165) is 10.5 Å². The van der Waals surface area contributed by atoms with Gasteiger partial charge in [0.05, 0.1) is 18.3 Å². The number of nitrogens with zero attached hydrogens (tertiary/aromatic N) is 1. The number of aromatic hydroxyl groups is 1. The third kappa shape index (κ3) is 3.79. The molecular formula is C29H27NO7. The fraction of sp³-hybridized carbons (Fsp3) is 0.345. The van der Waals surface area contributed by atoms with E-state index in [1.807, 2.05) is 6.08 Å². The van der Waals surface area contributed by atoms with Gasteiger partial charge in [-0.1, -0.05) is 35.9 Å². The normalized spacial score (nSPS) is 26.9. The predicted octanol–water partition coefficient (Wildman–Crippen LogP) is 3.02. The molecule has 2 amide bonds. The first-order valence-electron chi connectivity index (χ1n) is 12.3. The molecule has 1 fully saturated rings. The third-order valence-corrected chi connectivity index (χ3v) is 8.03. The second-order valence-corrected chi connectivity index (χ2v) is 10.0. The Morgan fingerprint density at radius 2 is 1.92 bits per heavy atom. The summed E-state index contributed by atoms with van der Waals surface area (Å²) in [5.74, 6) is -5.20. The number of carboxylic acids is 1. The summed E-state index contributed by atoms with van der Waals surface area (Å²) in [5, 5.41) is 20.3. The van der Waals surface area contributed by atoms with Crippen LogP contribution < -0.4 is 0 Å². The number of rotatable bonds is 6. The van der Waals surface area contributed by atoms with Gasteiger partial charge in [-0.15, -0.1) is 6.58 Å². The first-order chi connectivity index (χ1) is 17.6. The molecule has 4 atom stereocenters. The average Bonchev–Trinajstić information content (AvgIpc) is 3.11. The summed E-state index contributed by atoms with van der Waals surface area (Å²) in [6.07, 6.45) is 5.30. The molecule has 190 valence electrons. The molecular weight excluding hydrogens is 474 g/mol. The highest BCUT2D eigenvalue weighted by Crippen LogP contribution is 2.56. The van der Waals surface area contributed by atoms with Crippen molar-refractivity contribution in [3.8, 4) is 5.75 Å². The molecule has 37 heavy (non-hydrogen) atoms. The second kappa shape index (κ2) is 9.10. The van der Waals surface area contributed by atoms with E-state index in [4.69, 9.17) is 5.11 Å². The van der Waals surface area contributed by atoms with Crippen LogP contribution in [0.2, 0.25) is 0 Å². The molecule has 1 aromatic rings. The van der Waals surface area contributed by atoms with Gasteiger partial charge in [0.2, 0.25) is 11.8 Å². The third-order valence-electron chi connectivity index (χ3n) is 8.03. The Hall–Kier alpha value is -4.07. The van der Waals surface area contributed by atoms with Crippen LogP contribution in [-0.2, 0) is 30.4 Å². The maximum absolute atomic E-state index is 13.5. The number of hydrogen-bond acceptors (Lipinski definition) is 6. The summed E-state index contributed by atoms with van der Waals surface area (Å²) in [6, 6.07) is 5.26. The van der Waals surface area contributed by atoms with E-state index in [2.05, 4.69) is 6.58 Å². The molecule has 0 aromatic heterocycles. The van der Waals surface area contributed by atoms with Gasteiger partial charge in [-0.05, 0) is 43.7 Å². The van der Waals surface area contributed by atoms with Crippen LogP contribution >= 0.6 is 0 Å². The topological polar surface area (TPSA) is 129 Å². The van der Waals surface area contributed by atoms with E-state index < -0.39 is 41.5 Å². The number of ketones is 2. The number of imide groups is 1. The standard InChI is InChI=1S/C29H27NO7/c1-3-5-15-6-4-7-17(27(15)35)23-16-8-9-18-24(29(37)30(28(18)36)11-10-22(32)33)19(16)13-20-25(23)21(31)12-14(2)26(20)34/h3-4,6-8,12,18-19,23-24,35H,1,5,9-11,13H2,2H3,(H,32,33)/t18-,19+,23+,24-/m0/s1. The van der Waals surface area contributed by atoms with Gasteiger partial charge in [-0.25, -0.2) is 0 Å². The van der Waals surface area contributed by atoms with Crippen molar-refractivity contribution in [2.75, 3.05) is 6.54 Å². The summed E-state index contributed by atoms with van der Waals surface area (Å²) >= 11 is 0. The van der Waals surface area contributed by atoms with E-state index >= 15 is 0 Å². The Bertz CT molecular complexity index is 1380. The average molecular weight is 502 g/mol. The molecule has 2 N–H and O–H groups in total. The number of amides is 2. The van der Waals surface area contributed by atoms with E-state index in [1.165, 1.54) is 6.08 Å². The maximum Gasteiger partial charge on any atom is 0.305 e. The van der Waals surface area contributed by atoms with E-state index in [1.54, 1.807) is 31.2 Å². The molecule has 8 nitrogen and oxygen atoms in total. The SMILES string of the molecule is C=CCc1cccc([C@H]2C3=CC[C@@H]4C(=O)N(CCC(=O)O)C(=O)[C@@H]4[C@@H]3CC3=C2C(=O)C=C(C)C3=O)c1O. The van der Waals surface area contributed by atoms with Crippen molar-refractivity contribution in [1.29, 1.82) is 0 Å². The first kappa shape index (κ1) is 24.6. The summed E-state index contributed by atoms with van der Waals surface area (Å²) < 4.78 is 0. The molecule has 1 saturated heterocycles. The minimum absolute atomic E-state index is 0.00589. The summed E-state index contributed by atoms with van der Waals surface area (Å²) in [4.78, 5) is 65.3. The highest BCUT2D eigenvalue weighted by atomic mass is 16.4. The van der Waals surface area contributed by atoms with Crippen LogP contribution in [0.15, 0.2) is 65.3 Å². The zero-order valence-corrected chi connectivity index (χ0v) is 20.4. The second-order valence-electron chi connectivity index (χ2n) is 10.0. The smallest absolute Gasteiger partial charge is 0.305 e. The lowest BCUT2D eigenvalue weighted by molar-refractivity contribution is -0.142. The van der Waals surface area contributed by atoms with Gasteiger partial charge in [0.15, 0.2) is 11.6 Å². The lowest BCUT2D eigenvalue weighted by Gasteiger charge is -2.42. The monoisotopic (exact) mass is 501 g/mol. The fourth-order valence-corrected chi connectivity index (χ4v) is 6.39. The zero-order chi connectivity index (χ0) is 26.6. The first-order valence-corrected chi connectivity index (χ1v) is 12.3. The van der Waals surface area contributed by atoms with Gasteiger partial charge in [-0.3, -0.25) is 28.9 Å². The minimum Gasteiger partial charge on any atom is -0.507 e. The van der Waals surface area contributed by atoms with Crippen molar-refractivity contribution in [3.63, 3.8) is 0 Å². The number of phenols is 1. The molecule has 4 aliphatic rings. The molecule has 0 bridgehead atoms. The van der Waals surface area contributed by atoms with E-state index in [0.29, 0.717) is 34.3 Å². The lowest BCUT2D eigenvalue weighted by atomic mass is 9.59. The number of allylic oxidation sites excluding steroid dienone is 7. The molecule has 0 unspecified atom stereocenters. The number of para-hydroxylation sites is 1. The Morgan fingerprint density at radius 3 is 2.62 bits per heavy atom. The number of phenolic OH excluding ortho intramolecular Hbond substituents is 1. The number of hydrogen-bond donors (Lipinski definition) is 2. The number of Topliss-reactive ketones (excluding diaryl/α,β-unsaturated/α-hetero) is 1. The van der Waals surface area contributed by atoms with Crippen LogP contribution in [0.25, 0.3) is 0 Å². The van der Waals surface area contributed by atoms with E-state index in [-0.39, 0.29) is 43.1 Å². The van der Waals surface area contributed by atoms with Crippen LogP contribution in [0.5, 0.6) is 5.75 Å². The van der Waals surface area contributed by atoms with Crippen molar-refractivity contribution in [1.82, 2.24) is 4.90 Å². The zero-order valence-electron chi connectivity index (χ0n) is 20.4. The molecule has 5 rings (SSSR count). The van der Waals surface area contributed by atoms with Crippen LogP contribution in [0.4, 0.5) is 0 Å². The molecule has 8 heteroatoms. The largest absolute Gasteiger partial charge is 0.507 e. The predicted molar refractivity (Wildman–Crippen MR) is 132 cm³/mol. The molecule has 0 saturated carbocycles. The number of fused-ring (bicyclic) bond motifs is 3. The van der Waals surface area contributed by atoms with Gasteiger partial charge in [0, 0.05) is 34.7 Å². The van der Waals surface area contributed by atoms with Gasteiger partial charge in [-0.2, -0.15) is 0 Å².